The molecule has 0 aromatic rings. The Morgan fingerprint density at radius 3 is 1.39 bits per heavy atom. The Kier molecular flexibility index (Phi) is 43.8. The van der Waals surface area contributed by atoms with Gasteiger partial charge in [-0.2, -0.15) is 0 Å². The molecule has 1 aliphatic heterocycles. The normalized spacial score (nSPS) is 20.5. The minimum atomic E-state index is -1.62. The van der Waals surface area contributed by atoms with Crippen LogP contribution in [0.1, 0.15) is 245 Å². The molecular weight excluding hydrogens is 843 g/mol. The molecule has 0 radical (unpaired) electrons. The fourth-order valence-corrected chi connectivity index (χ4v) is 8.68. The molecule has 0 bridgehead atoms. The summed E-state index contributed by atoms with van der Waals surface area (Å²) in [4.78, 5) is 13.1. The second-order valence-corrected chi connectivity index (χ2v) is 19.5. The van der Waals surface area contributed by atoms with Crippen molar-refractivity contribution in [2.75, 3.05) is 13.2 Å². The summed E-state index contributed by atoms with van der Waals surface area (Å²) in [6.45, 7) is 3.61. The molecular formula is C57H105NO9. The van der Waals surface area contributed by atoms with Gasteiger partial charge in [-0.1, -0.05) is 229 Å². The second kappa shape index (κ2) is 46.5. The van der Waals surface area contributed by atoms with Crippen molar-refractivity contribution < 1.29 is 44.9 Å². The lowest BCUT2D eigenvalue weighted by atomic mass is 9.99. The molecule has 1 heterocycles. The Morgan fingerprint density at radius 2 is 0.925 bits per heavy atom. The van der Waals surface area contributed by atoms with E-state index in [1.807, 2.05) is 6.08 Å². The number of unbranched alkanes of at least 4 members (excludes halogenated alkanes) is 30. The van der Waals surface area contributed by atoms with Gasteiger partial charge in [0.25, 0.3) is 0 Å². The van der Waals surface area contributed by atoms with E-state index in [2.05, 4.69) is 55.6 Å². The van der Waals surface area contributed by atoms with Gasteiger partial charge in [-0.15, -0.1) is 0 Å². The third-order valence-electron chi connectivity index (χ3n) is 13.2. The van der Waals surface area contributed by atoms with Gasteiger partial charge in [0.2, 0.25) is 5.91 Å². The van der Waals surface area contributed by atoms with E-state index in [0.717, 1.165) is 38.5 Å². The quantitative estimate of drug-likeness (QED) is 0.0232. The zero-order valence-electron chi connectivity index (χ0n) is 43.0. The number of hydrogen-bond acceptors (Lipinski definition) is 9. The molecule has 0 aromatic heterocycles. The highest BCUT2D eigenvalue weighted by atomic mass is 16.7. The van der Waals surface area contributed by atoms with E-state index < -0.39 is 61.5 Å². The van der Waals surface area contributed by atoms with Crippen LogP contribution in [0.5, 0.6) is 0 Å². The Hall–Kier alpha value is -1.89. The molecule has 1 aliphatic rings. The van der Waals surface area contributed by atoms with Gasteiger partial charge >= 0.3 is 0 Å². The average molecular weight is 948 g/mol. The van der Waals surface area contributed by atoms with E-state index in [1.165, 1.54) is 173 Å². The van der Waals surface area contributed by atoms with Gasteiger partial charge in [-0.05, 0) is 64.2 Å². The number of allylic oxidation sites excluding steroid dienone is 7. The molecule has 8 unspecified atom stereocenters. The van der Waals surface area contributed by atoms with Crippen molar-refractivity contribution in [2.45, 2.75) is 294 Å². The summed E-state index contributed by atoms with van der Waals surface area (Å²) in [5.41, 5.74) is 0. The molecule has 0 aromatic carbocycles. The molecule has 0 saturated carbocycles. The number of amides is 1. The van der Waals surface area contributed by atoms with Crippen LogP contribution in [-0.2, 0) is 14.3 Å². The Labute approximate surface area is 410 Å². The van der Waals surface area contributed by atoms with Gasteiger partial charge < -0.3 is 45.4 Å². The first-order chi connectivity index (χ1) is 32.8. The summed E-state index contributed by atoms with van der Waals surface area (Å²) in [6, 6.07) is -1.000. The van der Waals surface area contributed by atoms with E-state index in [0.29, 0.717) is 19.3 Å². The van der Waals surface area contributed by atoms with Crippen molar-refractivity contribution in [2.24, 2.45) is 0 Å². The van der Waals surface area contributed by atoms with Crippen LogP contribution in [0.2, 0.25) is 0 Å². The summed E-state index contributed by atoms with van der Waals surface area (Å²) < 4.78 is 11.2. The average Bonchev–Trinajstić information content (AvgIpc) is 3.33. The molecule has 7 N–H and O–H groups in total. The van der Waals surface area contributed by atoms with Crippen molar-refractivity contribution in [3.8, 4) is 0 Å². The van der Waals surface area contributed by atoms with Crippen LogP contribution in [-0.4, -0.2) is 98.7 Å². The van der Waals surface area contributed by atoms with Crippen LogP contribution >= 0.6 is 0 Å². The van der Waals surface area contributed by atoms with Crippen molar-refractivity contribution in [3.63, 3.8) is 0 Å². The number of aliphatic hydroxyl groups is 6. The Morgan fingerprint density at radius 1 is 0.522 bits per heavy atom. The Bertz CT molecular complexity index is 1210. The highest BCUT2D eigenvalue weighted by Crippen LogP contribution is 2.23. The molecule has 392 valence electrons. The molecule has 0 aliphatic carbocycles. The molecule has 10 heteroatoms. The number of ether oxygens (including phenoxy) is 2. The summed E-state index contributed by atoms with van der Waals surface area (Å²) in [5, 5.41) is 64.9. The fraction of sp³-hybridized carbons (Fsp3) is 0.842. The maximum absolute atomic E-state index is 13.1. The summed E-state index contributed by atoms with van der Waals surface area (Å²) in [7, 11) is 0. The van der Waals surface area contributed by atoms with E-state index >= 15 is 0 Å². The lowest BCUT2D eigenvalue weighted by Gasteiger charge is -2.40. The zero-order valence-corrected chi connectivity index (χ0v) is 43.0. The molecule has 67 heavy (non-hydrogen) atoms. The predicted molar refractivity (Wildman–Crippen MR) is 278 cm³/mol. The highest BCUT2D eigenvalue weighted by Gasteiger charge is 2.44. The SMILES string of the molecule is CCCCCCCCCCC/C=C\C/C=C\CCCCCCCCCCCCC(O)C(=O)NC(COC1OC(CO)C(O)C(O)C1O)C(O)/C=C/CC/C=C/CCCCCCCCCCCC. The molecule has 1 saturated heterocycles. The van der Waals surface area contributed by atoms with Crippen molar-refractivity contribution >= 4 is 5.91 Å². The van der Waals surface area contributed by atoms with E-state index in [4.69, 9.17) is 9.47 Å². The van der Waals surface area contributed by atoms with E-state index in [9.17, 15) is 35.4 Å². The first-order valence-electron chi connectivity index (χ1n) is 28.0. The van der Waals surface area contributed by atoms with Gasteiger partial charge in [-0.25, -0.2) is 0 Å². The number of nitrogens with one attached hydrogen (secondary N) is 1. The first kappa shape index (κ1) is 63.1. The van der Waals surface area contributed by atoms with Crippen LogP contribution in [0.4, 0.5) is 0 Å². The summed E-state index contributed by atoms with van der Waals surface area (Å²) >= 11 is 0. The van der Waals surface area contributed by atoms with Crippen LogP contribution in [0.25, 0.3) is 0 Å². The highest BCUT2D eigenvalue weighted by molar-refractivity contribution is 5.80. The third kappa shape index (κ3) is 35.8. The van der Waals surface area contributed by atoms with Crippen LogP contribution < -0.4 is 5.32 Å². The monoisotopic (exact) mass is 948 g/mol. The van der Waals surface area contributed by atoms with Gasteiger partial charge in [0.05, 0.1) is 25.4 Å². The van der Waals surface area contributed by atoms with E-state index in [-0.39, 0.29) is 6.61 Å². The molecule has 1 fully saturated rings. The third-order valence-corrected chi connectivity index (χ3v) is 13.2. The smallest absolute Gasteiger partial charge is 0.249 e. The van der Waals surface area contributed by atoms with E-state index in [1.54, 1.807) is 6.08 Å². The van der Waals surface area contributed by atoms with Crippen molar-refractivity contribution in [1.29, 1.82) is 0 Å². The first-order valence-corrected chi connectivity index (χ1v) is 28.0. The number of aliphatic hydroxyl groups excluding tert-OH is 6. The second-order valence-electron chi connectivity index (χ2n) is 19.5. The lowest BCUT2D eigenvalue weighted by molar-refractivity contribution is -0.302. The zero-order chi connectivity index (χ0) is 48.8. The molecule has 8 atom stereocenters. The predicted octanol–water partition coefficient (Wildman–Crippen LogP) is 12.3. The van der Waals surface area contributed by atoms with Crippen LogP contribution in [0.15, 0.2) is 48.6 Å². The molecule has 0 spiro atoms. The van der Waals surface area contributed by atoms with Gasteiger partial charge in [0, 0.05) is 0 Å². The largest absolute Gasteiger partial charge is 0.394 e. The number of carbonyl (C=O) groups excluding carboxylic acids is 1. The minimum absolute atomic E-state index is 0.299. The number of carbonyl (C=O) groups is 1. The van der Waals surface area contributed by atoms with Crippen molar-refractivity contribution in [3.05, 3.63) is 48.6 Å². The molecule has 1 amide bonds. The maximum atomic E-state index is 13.1. The standard InChI is InChI=1S/C57H105NO9/c1-3-5-7-9-11-13-15-17-19-21-22-23-24-25-26-27-28-29-30-32-34-36-38-40-42-44-46-51(61)56(65)58-49(48-66-57-55(64)54(63)53(62)52(47-59)67-57)50(60)45-43-41-39-37-35-33-31-20-18-16-14-12-10-8-6-4-2/h22-23,25-26,35,37,43,45,49-55,57,59-64H,3-21,24,27-34,36,38-42,44,46-48H2,1-2H3,(H,58,65)/b23-22-,26-25-,37-35+,45-43+. The van der Waals surface area contributed by atoms with Gasteiger partial charge in [0.1, 0.15) is 30.5 Å². The van der Waals surface area contributed by atoms with Crippen LogP contribution in [0.3, 0.4) is 0 Å². The van der Waals surface area contributed by atoms with Crippen LogP contribution in [0, 0.1) is 0 Å². The number of hydrogen-bond donors (Lipinski definition) is 7. The lowest BCUT2D eigenvalue weighted by Crippen LogP contribution is -2.60. The topological polar surface area (TPSA) is 169 Å². The van der Waals surface area contributed by atoms with Crippen molar-refractivity contribution in [1.82, 2.24) is 5.32 Å². The Balaban J connectivity index is 2.29. The summed E-state index contributed by atoms with van der Waals surface area (Å²) in [6.07, 6.45) is 50.7. The molecule has 1 rings (SSSR count). The van der Waals surface area contributed by atoms with Gasteiger partial charge in [0.15, 0.2) is 6.29 Å². The minimum Gasteiger partial charge on any atom is -0.394 e. The fourth-order valence-electron chi connectivity index (χ4n) is 8.68. The maximum Gasteiger partial charge on any atom is 0.249 e. The summed E-state index contributed by atoms with van der Waals surface area (Å²) in [5.74, 6) is -0.628. The molecule has 10 nitrogen and oxygen atoms in total. The van der Waals surface area contributed by atoms with Gasteiger partial charge in [-0.3, -0.25) is 4.79 Å². The number of rotatable bonds is 47.